The summed E-state index contributed by atoms with van der Waals surface area (Å²) in [6, 6.07) is 0. The summed E-state index contributed by atoms with van der Waals surface area (Å²) in [4.78, 5) is 23.4. The minimum absolute atomic E-state index is 0.169. The molecule has 2 aliphatic carbocycles. The van der Waals surface area contributed by atoms with E-state index in [1.807, 2.05) is 13.8 Å². The number of carboxylic acids is 1. The third kappa shape index (κ3) is 3.02. The van der Waals surface area contributed by atoms with Crippen LogP contribution in [0.4, 0.5) is 0 Å². The van der Waals surface area contributed by atoms with Crippen LogP contribution in [0.3, 0.4) is 0 Å². The standard InChI is InChI=1S/C18H30O3/c1-12(9-11-17(2,3)16(20)21)13-7-8-14-15(19)6-5-10-18(13,14)4/h12-14H,5-11H2,1-4H3,(H,20,21)/t12-,13+,14-,18+/m0/s1. The molecule has 2 rings (SSSR count). The van der Waals surface area contributed by atoms with Gasteiger partial charge in [-0.1, -0.05) is 13.8 Å². The number of hydrogen-bond acceptors (Lipinski definition) is 2. The number of rotatable bonds is 5. The lowest BCUT2D eigenvalue weighted by Gasteiger charge is -2.42. The highest BCUT2D eigenvalue weighted by Gasteiger charge is 2.52. The molecule has 0 saturated heterocycles. The van der Waals surface area contributed by atoms with Crippen molar-refractivity contribution in [3.05, 3.63) is 0 Å². The van der Waals surface area contributed by atoms with Crippen LogP contribution in [0, 0.1) is 28.6 Å². The molecule has 0 radical (unpaired) electrons. The lowest BCUT2D eigenvalue weighted by atomic mass is 9.61. The number of carboxylic acid groups (broad SMARTS) is 1. The summed E-state index contributed by atoms with van der Waals surface area (Å²) in [5.41, 5.74) is -0.475. The molecule has 1 N–H and O–H groups in total. The molecular formula is C18H30O3. The fraction of sp³-hybridized carbons (Fsp3) is 0.889. The first-order valence-electron chi connectivity index (χ1n) is 8.44. The fourth-order valence-corrected chi connectivity index (χ4v) is 4.80. The molecule has 2 fully saturated rings. The SMILES string of the molecule is C[C@@H](CCC(C)(C)C(=O)O)[C@H]1CC[C@H]2C(=O)CCC[C@]12C. The quantitative estimate of drug-likeness (QED) is 0.822. The number of fused-ring (bicyclic) bond motifs is 1. The zero-order valence-electron chi connectivity index (χ0n) is 13.9. The molecule has 3 nitrogen and oxygen atoms in total. The van der Waals surface area contributed by atoms with Gasteiger partial charge in [-0.25, -0.2) is 0 Å². The molecule has 0 unspecified atom stereocenters. The van der Waals surface area contributed by atoms with Gasteiger partial charge in [0.15, 0.2) is 0 Å². The largest absolute Gasteiger partial charge is 0.481 e. The van der Waals surface area contributed by atoms with Gasteiger partial charge in [0, 0.05) is 12.3 Å². The van der Waals surface area contributed by atoms with Gasteiger partial charge in [0.05, 0.1) is 5.41 Å². The Morgan fingerprint density at radius 1 is 1.43 bits per heavy atom. The minimum atomic E-state index is -0.710. The second-order valence-electron chi connectivity index (χ2n) is 8.27. The van der Waals surface area contributed by atoms with E-state index in [-0.39, 0.29) is 11.3 Å². The van der Waals surface area contributed by atoms with Crippen molar-refractivity contribution < 1.29 is 14.7 Å². The van der Waals surface area contributed by atoms with Crippen molar-refractivity contribution in [2.45, 2.75) is 72.6 Å². The number of ketones is 1. The van der Waals surface area contributed by atoms with Gasteiger partial charge in [-0.3, -0.25) is 9.59 Å². The molecule has 0 aromatic heterocycles. The van der Waals surface area contributed by atoms with Crippen molar-refractivity contribution in [2.24, 2.45) is 28.6 Å². The van der Waals surface area contributed by atoms with Crippen LogP contribution in [-0.4, -0.2) is 16.9 Å². The van der Waals surface area contributed by atoms with Gasteiger partial charge in [0.2, 0.25) is 0 Å². The van der Waals surface area contributed by atoms with Crippen molar-refractivity contribution >= 4 is 11.8 Å². The summed E-state index contributed by atoms with van der Waals surface area (Å²) in [7, 11) is 0. The van der Waals surface area contributed by atoms with E-state index in [2.05, 4.69) is 13.8 Å². The number of hydrogen-bond donors (Lipinski definition) is 1. The Labute approximate surface area is 128 Å². The highest BCUT2D eigenvalue weighted by Crippen LogP contribution is 2.57. The van der Waals surface area contributed by atoms with Crippen LogP contribution in [0.1, 0.15) is 72.6 Å². The summed E-state index contributed by atoms with van der Waals surface area (Å²) >= 11 is 0. The van der Waals surface area contributed by atoms with Crippen LogP contribution in [0.5, 0.6) is 0 Å². The lowest BCUT2D eigenvalue weighted by Crippen LogP contribution is -2.39. The molecule has 4 atom stereocenters. The van der Waals surface area contributed by atoms with Crippen molar-refractivity contribution in [3.63, 3.8) is 0 Å². The first-order valence-corrected chi connectivity index (χ1v) is 8.44. The van der Waals surface area contributed by atoms with E-state index in [1.54, 1.807) is 0 Å². The van der Waals surface area contributed by atoms with E-state index >= 15 is 0 Å². The maximum Gasteiger partial charge on any atom is 0.309 e. The fourth-order valence-electron chi connectivity index (χ4n) is 4.80. The smallest absolute Gasteiger partial charge is 0.309 e. The Hall–Kier alpha value is -0.860. The monoisotopic (exact) mass is 294 g/mol. The summed E-state index contributed by atoms with van der Waals surface area (Å²) in [6.07, 6.45) is 6.83. The molecule has 0 spiro atoms. The van der Waals surface area contributed by atoms with E-state index < -0.39 is 11.4 Å². The van der Waals surface area contributed by atoms with Gasteiger partial charge in [-0.2, -0.15) is 0 Å². The number of Topliss-reactive ketones (excluding diaryl/α,β-unsaturated/α-hetero) is 1. The minimum Gasteiger partial charge on any atom is -0.481 e. The van der Waals surface area contributed by atoms with E-state index in [0.717, 1.165) is 32.1 Å². The molecule has 3 heteroatoms. The van der Waals surface area contributed by atoms with E-state index in [0.29, 0.717) is 24.0 Å². The van der Waals surface area contributed by atoms with E-state index in [9.17, 15) is 14.7 Å². The number of carbonyl (C=O) groups excluding carboxylic acids is 1. The molecule has 0 amide bonds. The molecule has 0 aliphatic heterocycles. The Morgan fingerprint density at radius 3 is 2.71 bits per heavy atom. The van der Waals surface area contributed by atoms with E-state index in [1.165, 1.54) is 6.42 Å². The van der Waals surface area contributed by atoms with Crippen molar-refractivity contribution in [1.29, 1.82) is 0 Å². The Morgan fingerprint density at radius 2 is 2.10 bits per heavy atom. The highest BCUT2D eigenvalue weighted by atomic mass is 16.4. The van der Waals surface area contributed by atoms with Gasteiger partial charge in [0.1, 0.15) is 5.78 Å². The molecule has 0 aromatic carbocycles. The van der Waals surface area contributed by atoms with E-state index in [4.69, 9.17) is 0 Å². The van der Waals surface area contributed by atoms with Crippen LogP contribution in [0.15, 0.2) is 0 Å². The molecule has 2 aliphatic rings. The summed E-state index contributed by atoms with van der Waals surface area (Å²) in [5, 5.41) is 9.25. The predicted molar refractivity (Wildman–Crippen MR) is 83.0 cm³/mol. The van der Waals surface area contributed by atoms with Crippen molar-refractivity contribution in [3.8, 4) is 0 Å². The molecule has 21 heavy (non-hydrogen) atoms. The van der Waals surface area contributed by atoms with Crippen LogP contribution >= 0.6 is 0 Å². The first kappa shape index (κ1) is 16.5. The number of carbonyl (C=O) groups is 2. The van der Waals surface area contributed by atoms with Crippen molar-refractivity contribution in [2.75, 3.05) is 0 Å². The van der Waals surface area contributed by atoms with Crippen LogP contribution in [0.25, 0.3) is 0 Å². The normalized spacial score (nSPS) is 34.6. The molecule has 0 aromatic rings. The van der Waals surface area contributed by atoms with Crippen LogP contribution in [-0.2, 0) is 9.59 Å². The van der Waals surface area contributed by atoms with Gasteiger partial charge in [-0.05, 0) is 69.6 Å². The predicted octanol–water partition coefficient (Wildman–Crippen LogP) is 4.30. The second kappa shape index (κ2) is 5.73. The zero-order valence-corrected chi connectivity index (χ0v) is 13.9. The first-order chi connectivity index (χ1) is 9.68. The highest BCUT2D eigenvalue weighted by molar-refractivity contribution is 5.83. The van der Waals surface area contributed by atoms with Gasteiger partial charge >= 0.3 is 5.97 Å². The molecule has 0 heterocycles. The average Bonchev–Trinajstić information content (AvgIpc) is 2.74. The summed E-state index contributed by atoms with van der Waals surface area (Å²) < 4.78 is 0. The van der Waals surface area contributed by atoms with Crippen LogP contribution < -0.4 is 0 Å². The van der Waals surface area contributed by atoms with Crippen LogP contribution in [0.2, 0.25) is 0 Å². The maximum absolute atomic E-state index is 12.2. The molecule has 0 bridgehead atoms. The topological polar surface area (TPSA) is 54.4 Å². The molecule has 120 valence electrons. The lowest BCUT2D eigenvalue weighted by molar-refractivity contribution is -0.147. The van der Waals surface area contributed by atoms with Gasteiger partial charge in [-0.15, -0.1) is 0 Å². The Kier molecular flexibility index (Phi) is 4.51. The Bertz CT molecular complexity index is 426. The average molecular weight is 294 g/mol. The molecular weight excluding hydrogens is 264 g/mol. The zero-order chi connectivity index (χ0) is 15.8. The van der Waals surface area contributed by atoms with Gasteiger partial charge < -0.3 is 5.11 Å². The maximum atomic E-state index is 12.2. The third-order valence-corrected chi connectivity index (χ3v) is 6.43. The molecule has 2 saturated carbocycles. The number of aliphatic carboxylic acids is 1. The van der Waals surface area contributed by atoms with Gasteiger partial charge in [0.25, 0.3) is 0 Å². The summed E-state index contributed by atoms with van der Waals surface area (Å²) in [6.45, 7) is 8.19. The van der Waals surface area contributed by atoms with Crippen molar-refractivity contribution in [1.82, 2.24) is 0 Å². The Balaban J connectivity index is 2.02. The third-order valence-electron chi connectivity index (χ3n) is 6.43. The second-order valence-corrected chi connectivity index (χ2v) is 8.27. The summed E-state index contributed by atoms with van der Waals surface area (Å²) in [5.74, 6) is 1.12.